The molecule has 0 aromatic heterocycles. The Morgan fingerprint density at radius 1 is 0.963 bits per heavy atom. The standard InChI is InChI=1S/C23H28N2O2/c1-18(25-22(27)19-10-4-2-5-11-19)16-21(26)24-17-23(14-8-9-15-23)20-12-6-3-7-13-20/h2-7,10-13,18H,8-9,14-17H2,1H3,(H,24,26)(H,25,27). The Balaban J connectivity index is 1.52. The van der Waals surface area contributed by atoms with Crippen LogP contribution in [0.3, 0.4) is 0 Å². The van der Waals surface area contributed by atoms with Gasteiger partial charge in [0.25, 0.3) is 5.91 Å². The molecule has 0 spiro atoms. The van der Waals surface area contributed by atoms with Gasteiger partial charge in [-0.05, 0) is 37.5 Å². The van der Waals surface area contributed by atoms with Crippen LogP contribution in [0.25, 0.3) is 0 Å². The summed E-state index contributed by atoms with van der Waals surface area (Å²) in [6.45, 7) is 2.53. The topological polar surface area (TPSA) is 58.2 Å². The summed E-state index contributed by atoms with van der Waals surface area (Å²) in [5.41, 5.74) is 1.97. The van der Waals surface area contributed by atoms with E-state index in [0.717, 1.165) is 12.8 Å². The van der Waals surface area contributed by atoms with Gasteiger partial charge < -0.3 is 10.6 Å². The van der Waals surface area contributed by atoms with Crippen LogP contribution in [0.15, 0.2) is 60.7 Å². The highest BCUT2D eigenvalue weighted by molar-refractivity contribution is 5.94. The van der Waals surface area contributed by atoms with Gasteiger partial charge in [0.2, 0.25) is 5.91 Å². The Kier molecular flexibility index (Phi) is 6.28. The van der Waals surface area contributed by atoms with Gasteiger partial charge in [-0.3, -0.25) is 9.59 Å². The van der Waals surface area contributed by atoms with Crippen molar-refractivity contribution in [2.45, 2.75) is 50.5 Å². The van der Waals surface area contributed by atoms with Crippen molar-refractivity contribution >= 4 is 11.8 Å². The lowest BCUT2D eigenvalue weighted by Gasteiger charge is -2.30. The molecule has 1 atom stereocenters. The minimum atomic E-state index is -0.214. The third-order valence-electron chi connectivity index (χ3n) is 5.48. The molecule has 4 nitrogen and oxygen atoms in total. The predicted molar refractivity (Wildman–Crippen MR) is 108 cm³/mol. The number of amides is 2. The molecule has 0 radical (unpaired) electrons. The van der Waals surface area contributed by atoms with E-state index in [-0.39, 0.29) is 29.7 Å². The molecule has 1 saturated carbocycles. The average Bonchev–Trinajstić information content (AvgIpc) is 3.18. The van der Waals surface area contributed by atoms with Crippen LogP contribution < -0.4 is 10.6 Å². The molecule has 1 aliphatic rings. The first-order valence-electron chi connectivity index (χ1n) is 9.77. The average molecular weight is 364 g/mol. The second-order valence-electron chi connectivity index (χ2n) is 7.57. The van der Waals surface area contributed by atoms with Gasteiger partial charge >= 0.3 is 0 Å². The number of carbonyl (C=O) groups excluding carboxylic acids is 2. The van der Waals surface area contributed by atoms with E-state index in [2.05, 4.69) is 34.9 Å². The molecule has 2 aromatic carbocycles. The first kappa shape index (κ1) is 19.2. The molecule has 1 aliphatic carbocycles. The zero-order chi connectivity index (χ0) is 19.1. The molecular formula is C23H28N2O2. The summed E-state index contributed by atoms with van der Waals surface area (Å²) >= 11 is 0. The zero-order valence-corrected chi connectivity index (χ0v) is 15.9. The van der Waals surface area contributed by atoms with Crippen molar-refractivity contribution in [3.05, 3.63) is 71.8 Å². The molecule has 4 heteroatoms. The number of hydrogen-bond donors (Lipinski definition) is 2. The zero-order valence-electron chi connectivity index (χ0n) is 15.9. The molecule has 0 bridgehead atoms. The number of rotatable bonds is 7. The Labute approximate surface area is 161 Å². The van der Waals surface area contributed by atoms with Crippen molar-refractivity contribution in [1.29, 1.82) is 0 Å². The number of nitrogens with one attached hydrogen (secondary N) is 2. The Bertz CT molecular complexity index is 752. The Hall–Kier alpha value is -2.62. The third kappa shape index (κ3) is 4.97. The minimum Gasteiger partial charge on any atom is -0.355 e. The molecule has 142 valence electrons. The largest absolute Gasteiger partial charge is 0.355 e. The molecule has 2 N–H and O–H groups in total. The maximum Gasteiger partial charge on any atom is 0.251 e. The summed E-state index contributed by atoms with van der Waals surface area (Å²) in [5, 5.41) is 6.01. The van der Waals surface area contributed by atoms with E-state index in [4.69, 9.17) is 0 Å². The van der Waals surface area contributed by atoms with Gasteiger partial charge in [0.05, 0.1) is 0 Å². The smallest absolute Gasteiger partial charge is 0.251 e. The normalized spacial score (nSPS) is 16.5. The van der Waals surface area contributed by atoms with E-state index in [0.29, 0.717) is 12.1 Å². The van der Waals surface area contributed by atoms with E-state index in [1.165, 1.54) is 18.4 Å². The van der Waals surface area contributed by atoms with E-state index in [1.54, 1.807) is 12.1 Å². The van der Waals surface area contributed by atoms with Gasteiger partial charge in [-0.1, -0.05) is 61.4 Å². The van der Waals surface area contributed by atoms with Gasteiger partial charge in [-0.25, -0.2) is 0 Å². The lowest BCUT2D eigenvalue weighted by atomic mass is 9.79. The highest BCUT2D eigenvalue weighted by Crippen LogP contribution is 2.40. The summed E-state index contributed by atoms with van der Waals surface area (Å²) in [4.78, 5) is 24.6. The predicted octanol–water partition coefficient (Wildman–Crippen LogP) is 3.82. The van der Waals surface area contributed by atoms with Crippen LogP contribution in [-0.4, -0.2) is 24.4 Å². The number of benzene rings is 2. The van der Waals surface area contributed by atoms with Crippen molar-refractivity contribution in [2.24, 2.45) is 0 Å². The molecule has 27 heavy (non-hydrogen) atoms. The Morgan fingerprint density at radius 3 is 2.19 bits per heavy atom. The quantitative estimate of drug-likeness (QED) is 0.785. The van der Waals surface area contributed by atoms with Gasteiger partial charge in [0.15, 0.2) is 0 Å². The van der Waals surface area contributed by atoms with Crippen LogP contribution >= 0.6 is 0 Å². The fraction of sp³-hybridized carbons (Fsp3) is 0.391. The van der Waals surface area contributed by atoms with Crippen LogP contribution in [0.5, 0.6) is 0 Å². The first-order valence-corrected chi connectivity index (χ1v) is 9.77. The Morgan fingerprint density at radius 2 is 1.56 bits per heavy atom. The van der Waals surface area contributed by atoms with Gasteiger partial charge in [0.1, 0.15) is 0 Å². The molecule has 2 aromatic rings. The lowest BCUT2D eigenvalue weighted by molar-refractivity contribution is -0.121. The maximum absolute atomic E-state index is 12.4. The second-order valence-corrected chi connectivity index (χ2v) is 7.57. The molecule has 1 unspecified atom stereocenters. The molecule has 3 rings (SSSR count). The summed E-state index contributed by atoms with van der Waals surface area (Å²) in [5.74, 6) is -0.162. The van der Waals surface area contributed by atoms with Gasteiger partial charge in [-0.2, -0.15) is 0 Å². The molecule has 0 aliphatic heterocycles. The first-order chi connectivity index (χ1) is 13.1. The monoisotopic (exact) mass is 364 g/mol. The summed E-state index contributed by atoms with van der Waals surface area (Å²) in [6, 6.07) is 19.4. The van der Waals surface area contributed by atoms with Crippen molar-refractivity contribution in [2.75, 3.05) is 6.54 Å². The second kappa shape index (κ2) is 8.85. The molecular weight excluding hydrogens is 336 g/mol. The van der Waals surface area contributed by atoms with E-state index < -0.39 is 0 Å². The van der Waals surface area contributed by atoms with Crippen LogP contribution in [0, 0.1) is 0 Å². The van der Waals surface area contributed by atoms with Gasteiger partial charge in [-0.15, -0.1) is 0 Å². The molecule has 0 saturated heterocycles. The van der Waals surface area contributed by atoms with Crippen molar-refractivity contribution in [3.63, 3.8) is 0 Å². The highest BCUT2D eigenvalue weighted by Gasteiger charge is 2.35. The fourth-order valence-corrected chi connectivity index (χ4v) is 3.98. The highest BCUT2D eigenvalue weighted by atomic mass is 16.2. The molecule has 1 fully saturated rings. The van der Waals surface area contributed by atoms with E-state index in [1.807, 2.05) is 31.2 Å². The fourth-order valence-electron chi connectivity index (χ4n) is 3.98. The summed E-state index contributed by atoms with van der Waals surface area (Å²) in [6.07, 6.45) is 4.90. The van der Waals surface area contributed by atoms with E-state index >= 15 is 0 Å². The third-order valence-corrected chi connectivity index (χ3v) is 5.48. The molecule has 2 amide bonds. The number of carbonyl (C=O) groups is 2. The summed E-state index contributed by atoms with van der Waals surface area (Å²) in [7, 11) is 0. The van der Waals surface area contributed by atoms with Crippen molar-refractivity contribution < 1.29 is 9.59 Å². The van der Waals surface area contributed by atoms with Gasteiger partial charge in [0, 0.05) is 30.0 Å². The molecule has 0 heterocycles. The van der Waals surface area contributed by atoms with Crippen LogP contribution in [0.1, 0.15) is 54.9 Å². The lowest BCUT2D eigenvalue weighted by Crippen LogP contribution is -2.42. The maximum atomic E-state index is 12.4. The number of hydrogen-bond acceptors (Lipinski definition) is 2. The van der Waals surface area contributed by atoms with E-state index in [9.17, 15) is 9.59 Å². The summed E-state index contributed by atoms with van der Waals surface area (Å²) < 4.78 is 0. The van der Waals surface area contributed by atoms with Crippen molar-refractivity contribution in [3.8, 4) is 0 Å². The SMILES string of the molecule is CC(CC(=O)NCC1(c2ccccc2)CCCC1)NC(=O)c1ccccc1. The van der Waals surface area contributed by atoms with Crippen molar-refractivity contribution in [1.82, 2.24) is 10.6 Å². The van der Waals surface area contributed by atoms with Crippen LogP contribution in [0.4, 0.5) is 0 Å². The van der Waals surface area contributed by atoms with Crippen LogP contribution in [-0.2, 0) is 10.2 Å². The van der Waals surface area contributed by atoms with Crippen LogP contribution in [0.2, 0.25) is 0 Å². The minimum absolute atomic E-state index is 0.0157.